The molecule has 0 atom stereocenters. The van der Waals surface area contributed by atoms with E-state index in [2.05, 4.69) is 0 Å². The Morgan fingerprint density at radius 1 is 0.792 bits per heavy atom. The molecule has 0 radical (unpaired) electrons. The quantitative estimate of drug-likeness (QED) is 0.503. The van der Waals surface area contributed by atoms with E-state index in [1.807, 2.05) is 54.6 Å². The Kier molecular flexibility index (Phi) is 4.62. The van der Waals surface area contributed by atoms with Crippen LogP contribution in [0.15, 0.2) is 66.7 Å². The molecule has 0 amide bonds. The largest absolute Gasteiger partial charge is 0.496 e. The zero-order valence-corrected chi connectivity index (χ0v) is 13.7. The summed E-state index contributed by atoms with van der Waals surface area (Å²) in [6, 6.07) is 19.0. The van der Waals surface area contributed by atoms with E-state index in [0.29, 0.717) is 11.3 Å². The van der Waals surface area contributed by atoms with Gasteiger partial charge in [-0.15, -0.1) is 0 Å². The highest BCUT2D eigenvalue weighted by Gasteiger charge is 2.09. The SMILES string of the molecule is COc1ccccc1C(=O)/C=C/c1ccc(OC)c2ccccc12. The van der Waals surface area contributed by atoms with Gasteiger partial charge in [0.2, 0.25) is 0 Å². The van der Waals surface area contributed by atoms with Crippen LogP contribution in [0, 0.1) is 0 Å². The van der Waals surface area contributed by atoms with Gasteiger partial charge in [0.05, 0.1) is 19.8 Å². The number of carbonyl (C=O) groups is 1. The maximum atomic E-state index is 12.5. The molecule has 0 saturated carbocycles. The number of allylic oxidation sites excluding steroid dienone is 1. The van der Waals surface area contributed by atoms with Crippen LogP contribution in [0.2, 0.25) is 0 Å². The van der Waals surface area contributed by atoms with Gasteiger partial charge in [-0.2, -0.15) is 0 Å². The molecule has 0 aliphatic heterocycles. The summed E-state index contributed by atoms with van der Waals surface area (Å²) in [7, 11) is 3.22. The van der Waals surface area contributed by atoms with Crippen molar-refractivity contribution in [1.82, 2.24) is 0 Å². The molecule has 3 aromatic rings. The van der Waals surface area contributed by atoms with Gasteiger partial charge in [0.1, 0.15) is 11.5 Å². The second-order valence-corrected chi connectivity index (χ2v) is 5.30. The van der Waals surface area contributed by atoms with Crippen molar-refractivity contribution in [3.8, 4) is 11.5 Å². The predicted octanol–water partition coefficient (Wildman–Crippen LogP) is 4.75. The van der Waals surface area contributed by atoms with Gasteiger partial charge in [-0.1, -0.05) is 48.5 Å². The van der Waals surface area contributed by atoms with Crippen molar-refractivity contribution >= 4 is 22.6 Å². The Balaban J connectivity index is 1.98. The molecule has 120 valence electrons. The van der Waals surface area contributed by atoms with Gasteiger partial charge in [0, 0.05) is 5.39 Å². The van der Waals surface area contributed by atoms with Gasteiger partial charge in [-0.05, 0) is 35.2 Å². The number of para-hydroxylation sites is 1. The zero-order valence-electron chi connectivity index (χ0n) is 13.7. The van der Waals surface area contributed by atoms with Crippen LogP contribution in [0.1, 0.15) is 15.9 Å². The van der Waals surface area contributed by atoms with Crippen molar-refractivity contribution in [1.29, 1.82) is 0 Å². The first-order valence-corrected chi connectivity index (χ1v) is 7.65. The van der Waals surface area contributed by atoms with Crippen molar-refractivity contribution < 1.29 is 14.3 Å². The first kappa shape index (κ1) is 15.8. The fourth-order valence-corrected chi connectivity index (χ4v) is 2.72. The third-order valence-electron chi connectivity index (χ3n) is 3.92. The summed E-state index contributed by atoms with van der Waals surface area (Å²) in [6.07, 6.45) is 3.41. The minimum atomic E-state index is -0.0904. The van der Waals surface area contributed by atoms with Gasteiger partial charge < -0.3 is 9.47 Å². The Morgan fingerprint density at radius 3 is 2.21 bits per heavy atom. The number of hydrogen-bond donors (Lipinski definition) is 0. The lowest BCUT2D eigenvalue weighted by Crippen LogP contribution is -1.98. The molecule has 0 saturated heterocycles. The lowest BCUT2D eigenvalue weighted by atomic mass is 10.0. The summed E-state index contributed by atoms with van der Waals surface area (Å²) >= 11 is 0. The van der Waals surface area contributed by atoms with E-state index in [4.69, 9.17) is 9.47 Å². The third kappa shape index (κ3) is 3.01. The van der Waals surface area contributed by atoms with E-state index in [1.54, 1.807) is 32.4 Å². The Hall–Kier alpha value is -3.07. The average molecular weight is 318 g/mol. The predicted molar refractivity (Wildman–Crippen MR) is 96.9 cm³/mol. The van der Waals surface area contributed by atoms with E-state index in [0.717, 1.165) is 22.1 Å². The molecule has 0 aromatic heterocycles. The number of benzene rings is 3. The van der Waals surface area contributed by atoms with Crippen LogP contribution >= 0.6 is 0 Å². The topological polar surface area (TPSA) is 35.5 Å². The minimum Gasteiger partial charge on any atom is -0.496 e. The Morgan fingerprint density at radius 2 is 1.46 bits per heavy atom. The summed E-state index contributed by atoms with van der Waals surface area (Å²) in [4.78, 5) is 12.5. The molecule has 24 heavy (non-hydrogen) atoms. The van der Waals surface area contributed by atoms with Gasteiger partial charge in [0.25, 0.3) is 0 Å². The second kappa shape index (κ2) is 7.01. The smallest absolute Gasteiger partial charge is 0.189 e. The van der Waals surface area contributed by atoms with E-state index >= 15 is 0 Å². The number of methoxy groups -OCH3 is 2. The summed E-state index contributed by atoms with van der Waals surface area (Å²) < 4.78 is 10.6. The van der Waals surface area contributed by atoms with Crippen LogP contribution in [0.4, 0.5) is 0 Å². The van der Waals surface area contributed by atoms with Gasteiger partial charge in [0.15, 0.2) is 5.78 Å². The van der Waals surface area contributed by atoms with Crippen molar-refractivity contribution in [3.63, 3.8) is 0 Å². The molecule has 0 aliphatic carbocycles. The number of rotatable bonds is 5. The molecule has 3 heteroatoms. The number of carbonyl (C=O) groups excluding carboxylic acids is 1. The highest BCUT2D eigenvalue weighted by atomic mass is 16.5. The monoisotopic (exact) mass is 318 g/mol. The minimum absolute atomic E-state index is 0.0904. The van der Waals surface area contributed by atoms with Crippen molar-refractivity contribution in [3.05, 3.63) is 77.9 Å². The first-order chi connectivity index (χ1) is 11.7. The summed E-state index contributed by atoms with van der Waals surface area (Å²) in [5, 5.41) is 2.06. The van der Waals surface area contributed by atoms with Gasteiger partial charge in [-0.3, -0.25) is 4.79 Å². The van der Waals surface area contributed by atoms with Crippen LogP contribution in [0.5, 0.6) is 11.5 Å². The van der Waals surface area contributed by atoms with Crippen LogP contribution in [-0.2, 0) is 0 Å². The normalized spacial score (nSPS) is 10.9. The summed E-state index contributed by atoms with van der Waals surface area (Å²) in [5.41, 5.74) is 1.52. The van der Waals surface area contributed by atoms with Crippen molar-refractivity contribution in [2.45, 2.75) is 0 Å². The molecular weight excluding hydrogens is 300 g/mol. The number of ether oxygens (including phenoxy) is 2. The maximum Gasteiger partial charge on any atom is 0.189 e. The summed E-state index contributed by atoms with van der Waals surface area (Å²) in [6.45, 7) is 0. The van der Waals surface area contributed by atoms with E-state index in [9.17, 15) is 4.79 Å². The second-order valence-electron chi connectivity index (χ2n) is 5.30. The molecule has 0 N–H and O–H groups in total. The maximum absolute atomic E-state index is 12.5. The van der Waals surface area contributed by atoms with Crippen LogP contribution in [0.3, 0.4) is 0 Å². The number of hydrogen-bond acceptors (Lipinski definition) is 3. The van der Waals surface area contributed by atoms with Crippen molar-refractivity contribution in [2.75, 3.05) is 14.2 Å². The molecular formula is C21H18O3. The molecule has 0 unspecified atom stereocenters. The Bertz CT molecular complexity index is 910. The highest BCUT2D eigenvalue weighted by Crippen LogP contribution is 2.29. The van der Waals surface area contributed by atoms with Crippen LogP contribution in [-0.4, -0.2) is 20.0 Å². The average Bonchev–Trinajstić information content (AvgIpc) is 2.65. The third-order valence-corrected chi connectivity index (χ3v) is 3.92. The summed E-state index contributed by atoms with van der Waals surface area (Å²) in [5.74, 6) is 1.30. The molecule has 3 rings (SSSR count). The van der Waals surface area contributed by atoms with Gasteiger partial charge in [-0.25, -0.2) is 0 Å². The van der Waals surface area contributed by atoms with Gasteiger partial charge >= 0.3 is 0 Å². The standard InChI is InChI=1S/C21H18O3/c1-23-20-10-6-5-9-18(20)19(22)13-11-15-12-14-21(24-2)17-8-4-3-7-16(15)17/h3-14H,1-2H3/b13-11+. The molecule has 0 fully saturated rings. The van der Waals surface area contributed by atoms with Crippen LogP contribution < -0.4 is 9.47 Å². The number of ketones is 1. The highest BCUT2D eigenvalue weighted by molar-refractivity contribution is 6.09. The first-order valence-electron chi connectivity index (χ1n) is 7.65. The fourth-order valence-electron chi connectivity index (χ4n) is 2.72. The number of fused-ring (bicyclic) bond motifs is 1. The Labute approximate surface area is 141 Å². The van der Waals surface area contributed by atoms with Crippen LogP contribution in [0.25, 0.3) is 16.8 Å². The molecule has 3 aromatic carbocycles. The molecule has 0 spiro atoms. The fraction of sp³-hybridized carbons (Fsp3) is 0.0952. The van der Waals surface area contributed by atoms with E-state index in [-0.39, 0.29) is 5.78 Å². The molecule has 3 nitrogen and oxygen atoms in total. The molecule has 0 heterocycles. The van der Waals surface area contributed by atoms with E-state index in [1.165, 1.54) is 0 Å². The molecule has 0 bridgehead atoms. The van der Waals surface area contributed by atoms with Crippen molar-refractivity contribution in [2.24, 2.45) is 0 Å². The zero-order chi connectivity index (χ0) is 16.9. The van der Waals surface area contributed by atoms with E-state index < -0.39 is 0 Å². The lowest BCUT2D eigenvalue weighted by molar-refractivity contribution is 0.104. The lowest BCUT2D eigenvalue weighted by Gasteiger charge is -2.08. The molecule has 0 aliphatic rings.